The summed E-state index contributed by atoms with van der Waals surface area (Å²) in [5.74, 6) is 0. The molecule has 0 saturated heterocycles. The number of benzene rings is 2. The van der Waals surface area contributed by atoms with Crippen molar-refractivity contribution in [1.82, 2.24) is 5.32 Å². The Labute approximate surface area is 152 Å². The van der Waals surface area contributed by atoms with Crippen molar-refractivity contribution >= 4 is 38.9 Å². The van der Waals surface area contributed by atoms with E-state index in [9.17, 15) is 0 Å². The summed E-state index contributed by atoms with van der Waals surface area (Å²) in [5, 5.41) is 7.34. The van der Waals surface area contributed by atoms with Gasteiger partial charge in [0.25, 0.3) is 0 Å². The van der Waals surface area contributed by atoms with Crippen molar-refractivity contribution < 1.29 is 0 Å². The molecule has 0 amide bonds. The van der Waals surface area contributed by atoms with Crippen LogP contribution in [-0.2, 0) is 0 Å². The summed E-state index contributed by atoms with van der Waals surface area (Å²) in [6, 6.07) is 12.9. The molecule has 23 heavy (non-hydrogen) atoms. The Morgan fingerprint density at radius 1 is 1.04 bits per heavy atom. The standard InChI is InChI=1S/C19H23BrN2S/c1-5-18(15-7-6-12(2)13(3)10-15)22-19(23)21-16-8-9-17(20)14(4)11-16/h6-11,18H,5H2,1-4H3,(H2,21,22,23)/t18-/m1/s1. The van der Waals surface area contributed by atoms with Gasteiger partial charge in [-0.25, -0.2) is 0 Å². The lowest BCUT2D eigenvalue weighted by molar-refractivity contribution is 0.628. The molecule has 0 aliphatic rings. The van der Waals surface area contributed by atoms with E-state index >= 15 is 0 Å². The molecule has 0 radical (unpaired) electrons. The van der Waals surface area contributed by atoms with Gasteiger partial charge in [0.15, 0.2) is 5.11 Å². The lowest BCUT2D eigenvalue weighted by atomic mass is 9.99. The van der Waals surface area contributed by atoms with Gasteiger partial charge in [0.05, 0.1) is 6.04 Å². The van der Waals surface area contributed by atoms with E-state index < -0.39 is 0 Å². The second-order valence-corrected chi connectivity index (χ2v) is 7.13. The molecule has 0 bridgehead atoms. The Morgan fingerprint density at radius 3 is 2.39 bits per heavy atom. The topological polar surface area (TPSA) is 24.1 Å². The SMILES string of the molecule is CC[C@@H](NC(=S)Nc1ccc(Br)c(C)c1)c1ccc(C)c(C)c1. The summed E-state index contributed by atoms with van der Waals surface area (Å²) in [6.45, 7) is 8.51. The molecule has 2 rings (SSSR count). The fraction of sp³-hybridized carbons (Fsp3) is 0.316. The maximum atomic E-state index is 5.48. The van der Waals surface area contributed by atoms with Gasteiger partial charge in [0.1, 0.15) is 0 Å². The van der Waals surface area contributed by atoms with Gasteiger partial charge in [-0.05, 0) is 79.9 Å². The van der Waals surface area contributed by atoms with Crippen molar-refractivity contribution in [2.45, 2.75) is 40.2 Å². The Hall–Kier alpha value is -1.39. The second-order valence-electron chi connectivity index (χ2n) is 5.87. The van der Waals surface area contributed by atoms with E-state index in [-0.39, 0.29) is 6.04 Å². The number of aryl methyl sites for hydroxylation is 3. The molecule has 0 unspecified atom stereocenters. The minimum atomic E-state index is 0.214. The van der Waals surface area contributed by atoms with E-state index in [0.29, 0.717) is 5.11 Å². The molecule has 1 atom stereocenters. The number of rotatable bonds is 4. The monoisotopic (exact) mass is 390 g/mol. The minimum absolute atomic E-state index is 0.214. The first-order chi connectivity index (χ1) is 10.9. The summed E-state index contributed by atoms with van der Waals surface area (Å²) < 4.78 is 1.10. The largest absolute Gasteiger partial charge is 0.356 e. The van der Waals surface area contributed by atoms with Gasteiger partial charge < -0.3 is 10.6 Å². The molecule has 0 spiro atoms. The third-order valence-corrected chi connectivity index (χ3v) is 5.17. The summed E-state index contributed by atoms with van der Waals surface area (Å²) in [6.07, 6.45) is 0.976. The molecular formula is C19H23BrN2S. The van der Waals surface area contributed by atoms with Crippen molar-refractivity contribution in [2.24, 2.45) is 0 Å². The van der Waals surface area contributed by atoms with Crippen molar-refractivity contribution in [3.05, 3.63) is 63.1 Å². The molecule has 122 valence electrons. The molecule has 0 heterocycles. The zero-order chi connectivity index (χ0) is 17.0. The summed E-state index contributed by atoms with van der Waals surface area (Å²) >= 11 is 8.99. The normalized spacial score (nSPS) is 11.9. The predicted octanol–water partition coefficient (Wildman–Crippen LogP) is 5.81. The van der Waals surface area contributed by atoms with Gasteiger partial charge in [-0.1, -0.05) is 41.1 Å². The van der Waals surface area contributed by atoms with Gasteiger partial charge in [-0.3, -0.25) is 0 Å². The zero-order valence-electron chi connectivity index (χ0n) is 14.0. The van der Waals surface area contributed by atoms with Crippen LogP contribution in [0.2, 0.25) is 0 Å². The van der Waals surface area contributed by atoms with E-state index in [1.807, 2.05) is 12.1 Å². The number of hydrogen-bond acceptors (Lipinski definition) is 1. The molecule has 0 aliphatic heterocycles. The number of anilines is 1. The maximum absolute atomic E-state index is 5.48. The van der Waals surface area contributed by atoms with Crippen LogP contribution in [0.15, 0.2) is 40.9 Å². The fourth-order valence-electron chi connectivity index (χ4n) is 2.45. The predicted molar refractivity (Wildman–Crippen MR) is 107 cm³/mol. The van der Waals surface area contributed by atoms with Gasteiger partial charge in [0.2, 0.25) is 0 Å². The Morgan fingerprint density at radius 2 is 1.78 bits per heavy atom. The van der Waals surface area contributed by atoms with Crippen LogP contribution in [0.3, 0.4) is 0 Å². The van der Waals surface area contributed by atoms with Crippen LogP contribution in [0.4, 0.5) is 5.69 Å². The highest BCUT2D eigenvalue weighted by atomic mass is 79.9. The maximum Gasteiger partial charge on any atom is 0.171 e. The molecule has 0 aliphatic carbocycles. The van der Waals surface area contributed by atoms with E-state index in [1.54, 1.807) is 0 Å². The summed E-state index contributed by atoms with van der Waals surface area (Å²) in [7, 11) is 0. The van der Waals surface area contributed by atoms with Gasteiger partial charge in [-0.2, -0.15) is 0 Å². The highest BCUT2D eigenvalue weighted by Gasteiger charge is 2.11. The average Bonchev–Trinajstić information content (AvgIpc) is 2.51. The lowest BCUT2D eigenvalue weighted by Gasteiger charge is -2.21. The Kier molecular flexibility index (Phi) is 6.19. The van der Waals surface area contributed by atoms with Crippen LogP contribution in [0.1, 0.15) is 41.6 Å². The minimum Gasteiger partial charge on any atom is -0.356 e. The smallest absolute Gasteiger partial charge is 0.171 e. The van der Waals surface area contributed by atoms with Crippen LogP contribution in [-0.4, -0.2) is 5.11 Å². The second kappa shape index (κ2) is 7.93. The van der Waals surface area contributed by atoms with E-state index in [1.165, 1.54) is 22.3 Å². The molecule has 0 saturated carbocycles. The highest BCUT2D eigenvalue weighted by Crippen LogP contribution is 2.22. The first kappa shape index (κ1) is 18.0. The highest BCUT2D eigenvalue weighted by molar-refractivity contribution is 9.10. The van der Waals surface area contributed by atoms with Crippen molar-refractivity contribution in [1.29, 1.82) is 0 Å². The van der Waals surface area contributed by atoms with E-state index in [4.69, 9.17) is 12.2 Å². The van der Waals surface area contributed by atoms with Crippen LogP contribution >= 0.6 is 28.1 Å². The molecular weight excluding hydrogens is 368 g/mol. The molecule has 2 aromatic rings. The molecule has 0 fully saturated rings. The number of thiocarbonyl (C=S) groups is 1. The molecule has 2 nitrogen and oxygen atoms in total. The van der Waals surface area contributed by atoms with Crippen LogP contribution < -0.4 is 10.6 Å². The van der Waals surface area contributed by atoms with Crippen molar-refractivity contribution in [3.8, 4) is 0 Å². The molecule has 2 aromatic carbocycles. The summed E-state index contributed by atoms with van der Waals surface area (Å²) in [5.41, 5.74) is 6.07. The quantitative estimate of drug-likeness (QED) is 0.643. The number of hydrogen-bond donors (Lipinski definition) is 2. The van der Waals surface area contributed by atoms with E-state index in [0.717, 1.165) is 16.6 Å². The van der Waals surface area contributed by atoms with Crippen LogP contribution in [0.5, 0.6) is 0 Å². The Balaban J connectivity index is 2.07. The molecule has 0 aromatic heterocycles. The van der Waals surface area contributed by atoms with Crippen molar-refractivity contribution in [3.63, 3.8) is 0 Å². The first-order valence-corrected chi connectivity index (χ1v) is 9.01. The van der Waals surface area contributed by atoms with E-state index in [2.05, 4.69) is 78.5 Å². The number of halogens is 1. The molecule has 4 heteroatoms. The van der Waals surface area contributed by atoms with Gasteiger partial charge in [0, 0.05) is 10.2 Å². The number of nitrogens with one attached hydrogen (secondary N) is 2. The molecule has 2 N–H and O–H groups in total. The van der Waals surface area contributed by atoms with Crippen LogP contribution in [0.25, 0.3) is 0 Å². The van der Waals surface area contributed by atoms with Gasteiger partial charge in [-0.15, -0.1) is 0 Å². The fourth-order valence-corrected chi connectivity index (χ4v) is 2.96. The first-order valence-electron chi connectivity index (χ1n) is 7.81. The lowest BCUT2D eigenvalue weighted by Crippen LogP contribution is -2.32. The van der Waals surface area contributed by atoms with Crippen LogP contribution in [0, 0.1) is 20.8 Å². The van der Waals surface area contributed by atoms with Gasteiger partial charge >= 0.3 is 0 Å². The summed E-state index contributed by atoms with van der Waals surface area (Å²) in [4.78, 5) is 0. The third-order valence-electron chi connectivity index (χ3n) is 4.06. The van der Waals surface area contributed by atoms with Crippen molar-refractivity contribution in [2.75, 3.05) is 5.32 Å². The zero-order valence-corrected chi connectivity index (χ0v) is 16.4. The Bertz CT molecular complexity index is 713. The average molecular weight is 391 g/mol. The third kappa shape index (κ3) is 4.79.